The molecule has 1 aromatic heterocycles. The Balaban J connectivity index is 1.65. The molecule has 0 bridgehead atoms. The van der Waals surface area contributed by atoms with Gasteiger partial charge in [-0.15, -0.1) is 0 Å². The number of aromatic hydroxyl groups is 1. The minimum absolute atomic E-state index is 0.105. The summed E-state index contributed by atoms with van der Waals surface area (Å²) in [5.41, 5.74) is 6.01. The fourth-order valence-corrected chi connectivity index (χ4v) is 6.07. The predicted molar refractivity (Wildman–Crippen MR) is 140 cm³/mol. The topological polar surface area (TPSA) is 73.1 Å². The third-order valence-corrected chi connectivity index (χ3v) is 7.78. The van der Waals surface area contributed by atoms with E-state index in [0.29, 0.717) is 20.8 Å². The average molecular weight is 497 g/mol. The Morgan fingerprint density at radius 1 is 1.03 bits per heavy atom. The van der Waals surface area contributed by atoms with Crippen molar-refractivity contribution >= 4 is 23.1 Å². The molecule has 6 nitrogen and oxygen atoms in total. The van der Waals surface area contributed by atoms with E-state index in [0.717, 1.165) is 40.8 Å². The summed E-state index contributed by atoms with van der Waals surface area (Å²) >= 11 is 1.37. The molecule has 0 unspecified atom stereocenters. The van der Waals surface area contributed by atoms with Gasteiger partial charge in [-0.05, 0) is 65.9 Å². The maximum absolute atomic E-state index is 13.9. The molecule has 0 amide bonds. The van der Waals surface area contributed by atoms with E-state index in [1.165, 1.54) is 16.9 Å². The number of fused-ring (bicyclic) bond motifs is 3. The van der Waals surface area contributed by atoms with Gasteiger partial charge in [0.25, 0.3) is 5.56 Å². The smallest absolute Gasteiger partial charge is 0.271 e. The zero-order valence-corrected chi connectivity index (χ0v) is 20.7. The number of hydrogen-bond donors (Lipinski definition) is 1. The van der Waals surface area contributed by atoms with Crippen molar-refractivity contribution in [3.8, 4) is 17.2 Å². The molecule has 6 rings (SSSR count). The maximum atomic E-state index is 13.9. The van der Waals surface area contributed by atoms with Crippen LogP contribution in [-0.2, 0) is 6.42 Å². The Morgan fingerprint density at radius 3 is 2.61 bits per heavy atom. The van der Waals surface area contributed by atoms with Gasteiger partial charge in [0.15, 0.2) is 4.80 Å². The first kappa shape index (κ1) is 22.4. The van der Waals surface area contributed by atoms with Crippen molar-refractivity contribution in [3.05, 3.63) is 114 Å². The first-order valence-electron chi connectivity index (χ1n) is 11.7. The van der Waals surface area contributed by atoms with E-state index in [1.54, 1.807) is 43.1 Å². The van der Waals surface area contributed by atoms with Crippen LogP contribution in [0.1, 0.15) is 34.7 Å². The van der Waals surface area contributed by atoms with Crippen LogP contribution in [-0.4, -0.2) is 23.9 Å². The van der Waals surface area contributed by atoms with Gasteiger partial charge in [0.1, 0.15) is 17.2 Å². The van der Waals surface area contributed by atoms with Gasteiger partial charge in [0.05, 0.1) is 30.5 Å². The zero-order valence-electron chi connectivity index (χ0n) is 19.9. The van der Waals surface area contributed by atoms with Gasteiger partial charge in [0.2, 0.25) is 0 Å². The van der Waals surface area contributed by atoms with Crippen LogP contribution in [0.25, 0.3) is 11.8 Å². The molecule has 4 aromatic rings. The van der Waals surface area contributed by atoms with Crippen LogP contribution in [0.3, 0.4) is 0 Å². The summed E-state index contributed by atoms with van der Waals surface area (Å²) in [7, 11) is 3.28. The lowest BCUT2D eigenvalue weighted by molar-refractivity contribution is 0.392. The van der Waals surface area contributed by atoms with Crippen molar-refractivity contribution in [2.45, 2.75) is 18.9 Å². The molecule has 2 aliphatic rings. The molecule has 7 heteroatoms. The van der Waals surface area contributed by atoms with Crippen molar-refractivity contribution in [1.29, 1.82) is 0 Å². The Morgan fingerprint density at radius 2 is 1.83 bits per heavy atom. The largest absolute Gasteiger partial charge is 0.508 e. The number of hydrogen-bond acceptors (Lipinski definition) is 6. The minimum Gasteiger partial charge on any atom is -0.508 e. The van der Waals surface area contributed by atoms with Gasteiger partial charge in [-0.25, -0.2) is 4.99 Å². The summed E-state index contributed by atoms with van der Waals surface area (Å²) in [6.45, 7) is 0. The molecule has 1 N–H and O–H groups in total. The second-order valence-electron chi connectivity index (χ2n) is 8.81. The molecular formula is C29H24N2O4S. The number of rotatable bonds is 4. The Bertz CT molecular complexity index is 1700. The first-order valence-corrected chi connectivity index (χ1v) is 12.5. The lowest BCUT2D eigenvalue weighted by Gasteiger charge is -2.31. The van der Waals surface area contributed by atoms with E-state index in [1.807, 2.05) is 30.3 Å². The third-order valence-electron chi connectivity index (χ3n) is 6.80. The highest BCUT2D eigenvalue weighted by Crippen LogP contribution is 2.44. The van der Waals surface area contributed by atoms with E-state index in [-0.39, 0.29) is 17.4 Å². The lowest BCUT2D eigenvalue weighted by Crippen LogP contribution is -2.39. The van der Waals surface area contributed by atoms with Crippen LogP contribution in [0.2, 0.25) is 0 Å². The molecule has 0 spiro atoms. The maximum Gasteiger partial charge on any atom is 0.271 e. The normalized spacial score (nSPS) is 16.6. The third kappa shape index (κ3) is 3.63. The zero-order chi connectivity index (χ0) is 24.8. The van der Waals surface area contributed by atoms with Crippen molar-refractivity contribution in [3.63, 3.8) is 0 Å². The van der Waals surface area contributed by atoms with Gasteiger partial charge in [0, 0.05) is 11.1 Å². The molecule has 0 saturated carbocycles. The second-order valence-corrected chi connectivity index (χ2v) is 9.82. The van der Waals surface area contributed by atoms with Crippen LogP contribution in [0, 0.1) is 0 Å². The van der Waals surface area contributed by atoms with Crippen molar-refractivity contribution in [1.82, 2.24) is 4.57 Å². The molecule has 0 fully saturated rings. The first-order chi connectivity index (χ1) is 17.6. The van der Waals surface area contributed by atoms with E-state index in [2.05, 4.69) is 18.2 Å². The van der Waals surface area contributed by atoms with Crippen LogP contribution < -0.4 is 24.4 Å². The molecule has 0 radical (unpaired) electrons. The Hall–Kier alpha value is -4.10. The van der Waals surface area contributed by atoms with Gasteiger partial charge >= 0.3 is 0 Å². The van der Waals surface area contributed by atoms with Crippen LogP contribution in [0.5, 0.6) is 17.2 Å². The van der Waals surface area contributed by atoms with E-state index in [9.17, 15) is 9.90 Å². The van der Waals surface area contributed by atoms with Gasteiger partial charge < -0.3 is 14.6 Å². The summed E-state index contributed by atoms with van der Waals surface area (Å²) < 4.78 is 13.7. The number of benzene rings is 3. The summed E-state index contributed by atoms with van der Waals surface area (Å²) in [5, 5.41) is 9.64. The fourth-order valence-electron chi connectivity index (χ4n) is 5.07. The lowest BCUT2D eigenvalue weighted by atomic mass is 9.83. The summed E-state index contributed by atoms with van der Waals surface area (Å²) in [6, 6.07) is 20.5. The summed E-state index contributed by atoms with van der Waals surface area (Å²) in [4.78, 5) is 19.6. The Labute approximate surface area is 211 Å². The van der Waals surface area contributed by atoms with E-state index in [4.69, 9.17) is 14.5 Å². The van der Waals surface area contributed by atoms with Gasteiger partial charge in [-0.1, -0.05) is 47.7 Å². The fraction of sp³-hybridized carbons (Fsp3) is 0.172. The number of ether oxygens (including phenoxy) is 2. The molecule has 1 atom stereocenters. The molecule has 3 aromatic carbocycles. The molecular weight excluding hydrogens is 472 g/mol. The molecule has 2 heterocycles. The number of aromatic nitrogens is 1. The van der Waals surface area contributed by atoms with Gasteiger partial charge in [-0.3, -0.25) is 9.36 Å². The van der Waals surface area contributed by atoms with Crippen LogP contribution in [0.4, 0.5) is 0 Å². The van der Waals surface area contributed by atoms with Crippen molar-refractivity contribution in [2.75, 3.05) is 14.2 Å². The minimum atomic E-state index is -0.364. The van der Waals surface area contributed by atoms with Gasteiger partial charge in [-0.2, -0.15) is 0 Å². The average Bonchev–Trinajstić information content (AvgIpc) is 3.22. The highest BCUT2D eigenvalue weighted by molar-refractivity contribution is 7.07. The highest BCUT2D eigenvalue weighted by atomic mass is 32.1. The quantitative estimate of drug-likeness (QED) is 0.463. The van der Waals surface area contributed by atoms with E-state index >= 15 is 0 Å². The van der Waals surface area contributed by atoms with Crippen molar-refractivity contribution < 1.29 is 14.6 Å². The molecule has 1 aliphatic heterocycles. The number of aryl methyl sites for hydroxylation is 1. The van der Waals surface area contributed by atoms with Crippen molar-refractivity contribution in [2.24, 2.45) is 4.99 Å². The van der Waals surface area contributed by atoms with Crippen LogP contribution in [0.15, 0.2) is 82.1 Å². The number of phenols is 1. The number of phenolic OH excluding ortho intramolecular Hbond substituents is 1. The standard InChI is InChI=1S/C29H24N2O4S/c1-34-20-12-14-24(35-2)23(16-20)27-22-13-9-18-5-3-4-6-21(18)26(22)30-29-31(27)28(33)25(36-29)15-17-7-10-19(32)11-8-17/h3-8,10-12,14-16,27,32H,9,13H2,1-2H3/b25-15+/t27-/m0/s1. The predicted octanol–water partition coefficient (Wildman–Crippen LogP) is 4.04. The monoisotopic (exact) mass is 496 g/mol. The molecule has 36 heavy (non-hydrogen) atoms. The number of thiazole rings is 1. The SMILES string of the molecule is COc1ccc(OC)c([C@@H]2C3=C(N=c4s/c(=C/c5ccc(O)cc5)c(=O)n42)c2ccccc2CC3)c1. The molecule has 180 valence electrons. The number of methoxy groups -OCH3 is 2. The van der Waals surface area contributed by atoms with Crippen LogP contribution >= 0.6 is 11.3 Å². The second kappa shape index (κ2) is 8.84. The summed E-state index contributed by atoms with van der Waals surface area (Å²) in [5.74, 6) is 1.58. The number of allylic oxidation sites excluding steroid dienone is 1. The Kier molecular flexibility index (Phi) is 5.49. The molecule has 0 saturated heterocycles. The highest BCUT2D eigenvalue weighted by Gasteiger charge is 2.34. The number of nitrogens with zero attached hydrogens (tertiary/aromatic N) is 2. The van der Waals surface area contributed by atoms with E-state index < -0.39 is 0 Å². The summed E-state index contributed by atoms with van der Waals surface area (Å²) in [6.07, 6.45) is 3.52. The molecule has 1 aliphatic carbocycles.